The Morgan fingerprint density at radius 3 is 2.21 bits per heavy atom. The van der Waals surface area contributed by atoms with Crippen molar-refractivity contribution in [2.45, 2.75) is 6.42 Å². The standard InChI is InChI=1S/C9H10Br3NO/c10-6-4-7(11)9(8(12)5-6)13-2-1-3-14/h4-5,13-14H,1-3H2. The number of anilines is 1. The SMILES string of the molecule is OCCCNc1c(Br)cc(Br)cc1Br. The lowest BCUT2D eigenvalue weighted by Crippen LogP contribution is -2.04. The van der Waals surface area contributed by atoms with Gasteiger partial charge < -0.3 is 10.4 Å². The second-order valence-corrected chi connectivity index (χ2v) is 5.37. The average molecular weight is 388 g/mol. The zero-order valence-electron chi connectivity index (χ0n) is 7.36. The molecule has 0 aliphatic rings. The van der Waals surface area contributed by atoms with Crippen molar-refractivity contribution >= 4 is 53.5 Å². The molecule has 1 rings (SSSR count). The average Bonchev–Trinajstić information content (AvgIpc) is 2.09. The Hall–Kier alpha value is 0.420. The molecule has 0 aliphatic carbocycles. The van der Waals surface area contributed by atoms with E-state index in [1.54, 1.807) is 0 Å². The Labute approximate surface area is 108 Å². The van der Waals surface area contributed by atoms with Crippen LogP contribution in [0.4, 0.5) is 5.69 Å². The van der Waals surface area contributed by atoms with Gasteiger partial charge >= 0.3 is 0 Å². The number of halogens is 3. The Morgan fingerprint density at radius 2 is 1.71 bits per heavy atom. The Balaban J connectivity index is 2.75. The summed E-state index contributed by atoms with van der Waals surface area (Å²) in [6.07, 6.45) is 0.745. The van der Waals surface area contributed by atoms with E-state index in [0.29, 0.717) is 0 Å². The van der Waals surface area contributed by atoms with Gasteiger partial charge in [0.25, 0.3) is 0 Å². The number of nitrogens with one attached hydrogen (secondary N) is 1. The number of hydrogen-bond donors (Lipinski definition) is 2. The monoisotopic (exact) mass is 385 g/mol. The van der Waals surface area contributed by atoms with Crippen molar-refractivity contribution in [1.29, 1.82) is 0 Å². The maximum absolute atomic E-state index is 8.66. The first-order chi connectivity index (χ1) is 6.65. The first-order valence-electron chi connectivity index (χ1n) is 4.14. The first kappa shape index (κ1) is 12.5. The van der Waals surface area contributed by atoms with Gasteiger partial charge in [-0.15, -0.1) is 0 Å². The Kier molecular flexibility index (Phi) is 5.44. The topological polar surface area (TPSA) is 32.3 Å². The molecule has 0 radical (unpaired) electrons. The summed E-state index contributed by atoms with van der Waals surface area (Å²) in [5, 5.41) is 11.9. The van der Waals surface area contributed by atoms with Crippen molar-refractivity contribution < 1.29 is 5.11 Å². The zero-order valence-corrected chi connectivity index (χ0v) is 12.1. The van der Waals surface area contributed by atoms with E-state index in [1.165, 1.54) is 0 Å². The summed E-state index contributed by atoms with van der Waals surface area (Å²) in [5.74, 6) is 0. The summed E-state index contributed by atoms with van der Waals surface area (Å²) in [6, 6.07) is 3.96. The van der Waals surface area contributed by atoms with Gasteiger partial charge in [0.2, 0.25) is 0 Å². The molecule has 0 fully saturated rings. The van der Waals surface area contributed by atoms with E-state index in [1.807, 2.05) is 12.1 Å². The van der Waals surface area contributed by atoms with Crippen molar-refractivity contribution in [2.24, 2.45) is 0 Å². The fraction of sp³-hybridized carbons (Fsp3) is 0.333. The maximum Gasteiger partial charge on any atom is 0.0629 e. The summed E-state index contributed by atoms with van der Waals surface area (Å²) in [4.78, 5) is 0. The molecule has 1 aromatic carbocycles. The van der Waals surface area contributed by atoms with Crippen LogP contribution in [0.15, 0.2) is 25.6 Å². The van der Waals surface area contributed by atoms with E-state index in [9.17, 15) is 0 Å². The van der Waals surface area contributed by atoms with E-state index < -0.39 is 0 Å². The molecule has 5 heteroatoms. The molecule has 0 spiro atoms. The van der Waals surface area contributed by atoms with Gasteiger partial charge in [-0.2, -0.15) is 0 Å². The molecule has 0 aliphatic heterocycles. The van der Waals surface area contributed by atoms with E-state index in [-0.39, 0.29) is 6.61 Å². The van der Waals surface area contributed by atoms with Crippen LogP contribution in [0.1, 0.15) is 6.42 Å². The summed E-state index contributed by atoms with van der Waals surface area (Å²) in [7, 11) is 0. The van der Waals surface area contributed by atoms with Crippen LogP contribution in [0.5, 0.6) is 0 Å². The molecule has 0 atom stereocenters. The summed E-state index contributed by atoms with van der Waals surface area (Å²) in [6.45, 7) is 0.966. The Bertz CT molecular complexity index is 294. The lowest BCUT2D eigenvalue weighted by atomic mass is 10.3. The minimum atomic E-state index is 0.207. The molecule has 0 heterocycles. The molecule has 0 amide bonds. The third-order valence-electron chi connectivity index (χ3n) is 1.64. The van der Waals surface area contributed by atoms with Crippen molar-refractivity contribution in [1.82, 2.24) is 0 Å². The van der Waals surface area contributed by atoms with Crippen LogP contribution in [-0.2, 0) is 0 Å². The van der Waals surface area contributed by atoms with E-state index in [2.05, 4.69) is 53.1 Å². The molecule has 0 bridgehead atoms. The van der Waals surface area contributed by atoms with Crippen LogP contribution < -0.4 is 5.32 Å². The number of aliphatic hydroxyl groups is 1. The molecule has 0 aromatic heterocycles. The highest BCUT2D eigenvalue weighted by Gasteiger charge is 2.05. The van der Waals surface area contributed by atoms with Gasteiger partial charge in [0.05, 0.1) is 5.69 Å². The molecule has 0 unspecified atom stereocenters. The molecule has 78 valence electrons. The predicted molar refractivity (Wildman–Crippen MR) is 69.7 cm³/mol. The van der Waals surface area contributed by atoms with Crippen molar-refractivity contribution in [3.05, 3.63) is 25.6 Å². The quantitative estimate of drug-likeness (QED) is 0.771. The fourth-order valence-corrected chi connectivity index (χ4v) is 3.54. The maximum atomic E-state index is 8.66. The molecular weight excluding hydrogens is 378 g/mol. The van der Waals surface area contributed by atoms with Crippen LogP contribution in [-0.4, -0.2) is 18.3 Å². The van der Waals surface area contributed by atoms with Crippen LogP contribution in [0.2, 0.25) is 0 Å². The van der Waals surface area contributed by atoms with Crippen LogP contribution in [0.3, 0.4) is 0 Å². The summed E-state index contributed by atoms with van der Waals surface area (Å²) < 4.78 is 3.01. The second-order valence-electron chi connectivity index (χ2n) is 2.75. The van der Waals surface area contributed by atoms with Crippen LogP contribution >= 0.6 is 47.8 Å². The minimum Gasteiger partial charge on any atom is -0.396 e. The van der Waals surface area contributed by atoms with Gasteiger partial charge in [-0.05, 0) is 50.4 Å². The number of hydrogen-bond acceptors (Lipinski definition) is 2. The van der Waals surface area contributed by atoms with Gasteiger partial charge in [0, 0.05) is 26.6 Å². The fourth-order valence-electron chi connectivity index (χ4n) is 1.00. The van der Waals surface area contributed by atoms with Gasteiger partial charge in [-0.25, -0.2) is 0 Å². The second kappa shape index (κ2) is 6.10. The zero-order chi connectivity index (χ0) is 10.6. The summed E-state index contributed by atoms with van der Waals surface area (Å²) in [5.41, 5.74) is 1.02. The largest absolute Gasteiger partial charge is 0.396 e. The number of benzene rings is 1. The van der Waals surface area contributed by atoms with Crippen molar-refractivity contribution in [2.75, 3.05) is 18.5 Å². The lowest BCUT2D eigenvalue weighted by Gasteiger charge is -2.10. The minimum absolute atomic E-state index is 0.207. The molecular formula is C9H10Br3NO. The Morgan fingerprint density at radius 1 is 1.14 bits per heavy atom. The van der Waals surface area contributed by atoms with E-state index in [4.69, 9.17) is 5.11 Å². The van der Waals surface area contributed by atoms with Crippen molar-refractivity contribution in [3.63, 3.8) is 0 Å². The first-order valence-corrected chi connectivity index (χ1v) is 6.52. The third-order valence-corrected chi connectivity index (χ3v) is 3.35. The molecule has 14 heavy (non-hydrogen) atoms. The van der Waals surface area contributed by atoms with Crippen molar-refractivity contribution in [3.8, 4) is 0 Å². The molecule has 0 saturated carbocycles. The number of rotatable bonds is 4. The normalized spacial score (nSPS) is 10.3. The predicted octanol–water partition coefficient (Wildman–Crippen LogP) is 3.77. The molecule has 2 N–H and O–H groups in total. The molecule has 2 nitrogen and oxygen atoms in total. The lowest BCUT2D eigenvalue weighted by molar-refractivity contribution is 0.292. The highest BCUT2D eigenvalue weighted by molar-refractivity contribution is 9.11. The smallest absolute Gasteiger partial charge is 0.0629 e. The third kappa shape index (κ3) is 3.53. The van der Waals surface area contributed by atoms with Gasteiger partial charge in [0.15, 0.2) is 0 Å². The molecule has 1 aromatic rings. The highest BCUT2D eigenvalue weighted by atomic mass is 79.9. The van der Waals surface area contributed by atoms with Gasteiger partial charge in [0.1, 0.15) is 0 Å². The highest BCUT2D eigenvalue weighted by Crippen LogP contribution is 2.34. The van der Waals surface area contributed by atoms with Gasteiger partial charge in [-0.3, -0.25) is 0 Å². The summed E-state index contributed by atoms with van der Waals surface area (Å²) >= 11 is 10.3. The van der Waals surface area contributed by atoms with E-state index >= 15 is 0 Å². The van der Waals surface area contributed by atoms with E-state index in [0.717, 1.165) is 32.1 Å². The molecule has 0 saturated heterocycles. The number of aliphatic hydroxyl groups excluding tert-OH is 1. The van der Waals surface area contributed by atoms with Gasteiger partial charge in [-0.1, -0.05) is 15.9 Å². The van der Waals surface area contributed by atoms with Crippen LogP contribution in [0, 0.1) is 0 Å². The van der Waals surface area contributed by atoms with Crippen LogP contribution in [0.25, 0.3) is 0 Å².